The van der Waals surface area contributed by atoms with Gasteiger partial charge in [-0.05, 0) is 32.0 Å². The smallest absolute Gasteiger partial charge is 0.418 e. The van der Waals surface area contributed by atoms with Crippen LogP contribution in [0.4, 0.5) is 19.0 Å². The van der Waals surface area contributed by atoms with E-state index >= 15 is 0 Å². The van der Waals surface area contributed by atoms with E-state index in [-0.39, 0.29) is 11.8 Å². The van der Waals surface area contributed by atoms with Crippen LogP contribution in [0.5, 0.6) is 5.75 Å². The van der Waals surface area contributed by atoms with E-state index in [1.165, 1.54) is 12.1 Å². The first-order valence-corrected chi connectivity index (χ1v) is 7.20. The highest BCUT2D eigenvalue weighted by molar-refractivity contribution is 5.83. The van der Waals surface area contributed by atoms with Gasteiger partial charge in [-0.25, -0.2) is 9.78 Å². The van der Waals surface area contributed by atoms with E-state index in [4.69, 9.17) is 5.73 Å². The van der Waals surface area contributed by atoms with Crippen molar-refractivity contribution in [1.29, 1.82) is 0 Å². The van der Waals surface area contributed by atoms with Crippen molar-refractivity contribution in [3.8, 4) is 5.75 Å². The van der Waals surface area contributed by atoms with Crippen molar-refractivity contribution in [2.75, 3.05) is 18.5 Å². The Morgan fingerprint density at radius 3 is 2.62 bits per heavy atom. The lowest BCUT2D eigenvalue weighted by atomic mass is 9.96. The number of nitrogens with one attached hydrogen (secondary N) is 1. The van der Waals surface area contributed by atoms with Gasteiger partial charge in [0.2, 0.25) is 5.91 Å². The van der Waals surface area contributed by atoms with Gasteiger partial charge in [0.05, 0.1) is 6.20 Å². The van der Waals surface area contributed by atoms with E-state index in [1.807, 2.05) is 0 Å². The second-order valence-corrected chi connectivity index (χ2v) is 5.36. The molecule has 2 unspecified atom stereocenters. The monoisotopic (exact) mass is 346 g/mol. The molecule has 1 aliphatic rings. The summed E-state index contributed by atoms with van der Waals surface area (Å²) in [4.78, 5) is 28.1. The molecule has 0 spiro atoms. The third-order valence-corrected chi connectivity index (χ3v) is 3.80. The number of nitrogens with zero attached hydrogens (tertiary/aromatic N) is 2. The van der Waals surface area contributed by atoms with Crippen LogP contribution in [0.15, 0.2) is 18.3 Å². The molecule has 1 saturated heterocycles. The molecule has 2 atom stereocenters. The van der Waals surface area contributed by atoms with Crippen LogP contribution in [0, 0.1) is 0 Å². The molecule has 1 fully saturated rings. The predicted molar refractivity (Wildman–Crippen MR) is 78.3 cm³/mol. The fourth-order valence-electron chi connectivity index (χ4n) is 2.54. The Morgan fingerprint density at radius 1 is 1.42 bits per heavy atom. The molecule has 1 aromatic heterocycles. The molecule has 0 aliphatic carbocycles. The summed E-state index contributed by atoms with van der Waals surface area (Å²) < 4.78 is 40.6. The van der Waals surface area contributed by atoms with Gasteiger partial charge in [0.25, 0.3) is 0 Å². The summed E-state index contributed by atoms with van der Waals surface area (Å²) in [6.45, 7) is 0.508. The minimum absolute atomic E-state index is 0.144. The van der Waals surface area contributed by atoms with Gasteiger partial charge in [-0.3, -0.25) is 4.79 Å². The molecule has 1 aliphatic heterocycles. The number of halogens is 3. The zero-order valence-corrected chi connectivity index (χ0v) is 12.8. The highest BCUT2D eigenvalue weighted by Gasteiger charge is 2.41. The topological polar surface area (TPSA) is 97.6 Å². The lowest BCUT2D eigenvalue weighted by Gasteiger charge is -2.38. The predicted octanol–water partition coefficient (Wildman–Crippen LogP) is 0.591. The summed E-state index contributed by atoms with van der Waals surface area (Å²) in [5.41, 5.74) is 5.43. The van der Waals surface area contributed by atoms with Crippen molar-refractivity contribution in [2.45, 2.75) is 31.1 Å². The minimum Gasteiger partial charge on any atom is -0.418 e. The highest BCUT2D eigenvalue weighted by atomic mass is 19.4. The van der Waals surface area contributed by atoms with Gasteiger partial charge >= 0.3 is 12.1 Å². The first-order chi connectivity index (χ1) is 11.2. The molecule has 0 bridgehead atoms. The van der Waals surface area contributed by atoms with Gasteiger partial charge in [0.1, 0.15) is 17.6 Å². The molecule has 24 heavy (non-hydrogen) atoms. The van der Waals surface area contributed by atoms with Gasteiger partial charge in [-0.2, -0.15) is 13.2 Å². The van der Waals surface area contributed by atoms with Crippen molar-refractivity contribution in [3.63, 3.8) is 0 Å². The van der Waals surface area contributed by atoms with Gasteiger partial charge in [-0.15, -0.1) is 0 Å². The molecule has 2 heterocycles. The number of carbonyl (C=O) groups is 2. The molecule has 10 heteroatoms. The van der Waals surface area contributed by atoms with Crippen LogP contribution >= 0.6 is 0 Å². The molecular weight excluding hydrogens is 329 g/mol. The number of esters is 1. The van der Waals surface area contributed by atoms with E-state index in [9.17, 15) is 22.8 Å². The standard InChI is InChI=1S/C14H17F3N4O3/c1-19-8-4-5-21(10(6-8)12(18)22)11-3-2-9(7-20-11)24-13(23)14(15,16)17/h2-3,7-8,10,19H,4-6H2,1H3,(H2,18,22). The third-order valence-electron chi connectivity index (χ3n) is 3.80. The molecule has 0 saturated carbocycles. The first-order valence-electron chi connectivity index (χ1n) is 7.20. The zero-order chi connectivity index (χ0) is 17.9. The van der Waals surface area contributed by atoms with Crippen molar-refractivity contribution in [3.05, 3.63) is 18.3 Å². The number of amides is 1. The maximum atomic E-state index is 12.2. The van der Waals surface area contributed by atoms with Crippen LogP contribution < -0.4 is 20.7 Å². The van der Waals surface area contributed by atoms with E-state index in [0.717, 1.165) is 12.6 Å². The Kier molecular flexibility index (Phi) is 5.27. The van der Waals surface area contributed by atoms with Crippen LogP contribution in [-0.2, 0) is 9.59 Å². The van der Waals surface area contributed by atoms with Crippen LogP contribution in [0.3, 0.4) is 0 Å². The lowest BCUT2D eigenvalue weighted by Crippen LogP contribution is -2.54. The van der Waals surface area contributed by atoms with Crippen molar-refractivity contribution in [2.24, 2.45) is 5.73 Å². The second kappa shape index (κ2) is 7.04. The number of piperidine rings is 1. The molecule has 1 aromatic rings. The molecule has 132 valence electrons. The van der Waals surface area contributed by atoms with Crippen molar-refractivity contribution >= 4 is 17.7 Å². The normalized spacial score (nSPS) is 21.4. The van der Waals surface area contributed by atoms with E-state index in [0.29, 0.717) is 18.8 Å². The number of hydrogen-bond acceptors (Lipinski definition) is 6. The number of pyridine rings is 1. The maximum Gasteiger partial charge on any atom is 0.491 e. The third kappa shape index (κ3) is 4.13. The molecule has 7 nitrogen and oxygen atoms in total. The average molecular weight is 346 g/mol. The quantitative estimate of drug-likeness (QED) is 0.775. The van der Waals surface area contributed by atoms with Crippen LogP contribution in [0.1, 0.15) is 12.8 Å². The molecule has 3 N–H and O–H groups in total. The Morgan fingerprint density at radius 2 is 2.12 bits per heavy atom. The molecule has 1 amide bonds. The second-order valence-electron chi connectivity index (χ2n) is 5.36. The van der Waals surface area contributed by atoms with E-state index < -0.39 is 24.1 Å². The summed E-state index contributed by atoms with van der Waals surface area (Å²) in [5, 5.41) is 3.09. The van der Waals surface area contributed by atoms with Gasteiger partial charge < -0.3 is 20.7 Å². The summed E-state index contributed by atoms with van der Waals surface area (Å²) in [5.74, 6) is -2.78. The summed E-state index contributed by atoms with van der Waals surface area (Å²) in [6.07, 6.45) is -2.82. The number of hydrogen-bond donors (Lipinski definition) is 2. The van der Waals surface area contributed by atoms with Crippen LogP contribution in [0.2, 0.25) is 0 Å². The summed E-state index contributed by atoms with van der Waals surface area (Å²) >= 11 is 0. The van der Waals surface area contributed by atoms with E-state index in [1.54, 1.807) is 11.9 Å². The Labute approximate surface area is 136 Å². The number of nitrogens with two attached hydrogens (primary N) is 1. The van der Waals surface area contributed by atoms with E-state index in [2.05, 4.69) is 15.0 Å². The summed E-state index contributed by atoms with van der Waals surface area (Å²) in [7, 11) is 1.79. The Hall–Kier alpha value is -2.36. The minimum atomic E-state index is -5.08. The summed E-state index contributed by atoms with van der Waals surface area (Å²) in [6, 6.07) is 2.14. The lowest BCUT2D eigenvalue weighted by molar-refractivity contribution is -0.189. The SMILES string of the molecule is CNC1CCN(c2ccc(OC(=O)C(F)(F)F)cn2)C(C(N)=O)C1. The number of primary amides is 1. The number of aromatic nitrogens is 1. The fraction of sp³-hybridized carbons (Fsp3) is 0.500. The number of carbonyl (C=O) groups excluding carboxylic acids is 2. The van der Waals surface area contributed by atoms with Crippen molar-refractivity contribution < 1.29 is 27.5 Å². The number of ether oxygens (including phenoxy) is 1. The Balaban J connectivity index is 2.12. The molecule has 0 aromatic carbocycles. The maximum absolute atomic E-state index is 12.2. The van der Waals surface area contributed by atoms with Crippen molar-refractivity contribution in [1.82, 2.24) is 10.3 Å². The van der Waals surface area contributed by atoms with Crippen LogP contribution in [-0.4, -0.2) is 48.7 Å². The highest BCUT2D eigenvalue weighted by Crippen LogP contribution is 2.25. The Bertz CT molecular complexity index is 606. The molecular formula is C14H17F3N4O3. The molecule has 2 rings (SSSR count). The fourth-order valence-corrected chi connectivity index (χ4v) is 2.54. The molecule has 0 radical (unpaired) electrons. The van der Waals surface area contributed by atoms with Gasteiger partial charge in [-0.1, -0.05) is 0 Å². The van der Waals surface area contributed by atoms with Gasteiger partial charge in [0, 0.05) is 12.6 Å². The van der Waals surface area contributed by atoms with Gasteiger partial charge in [0.15, 0.2) is 0 Å². The average Bonchev–Trinajstić information content (AvgIpc) is 2.54. The zero-order valence-electron chi connectivity index (χ0n) is 12.8. The first kappa shape index (κ1) is 18.0. The number of anilines is 1. The van der Waals surface area contributed by atoms with Crippen LogP contribution in [0.25, 0.3) is 0 Å². The largest absolute Gasteiger partial charge is 0.491 e. The number of rotatable bonds is 4. The number of alkyl halides is 3.